The van der Waals surface area contributed by atoms with E-state index in [4.69, 9.17) is 0 Å². The highest BCUT2D eigenvalue weighted by molar-refractivity contribution is 6.00. The van der Waals surface area contributed by atoms with Crippen LogP contribution in [0, 0.1) is 11.8 Å². The number of carbonyl (C=O) groups is 2. The second kappa shape index (κ2) is 6.28. The van der Waals surface area contributed by atoms with Crippen LogP contribution in [-0.2, 0) is 4.79 Å². The number of nitrogens with one attached hydrogen (secondary N) is 1. The number of rotatable bonds is 4. The number of fused-ring (bicyclic) bond motifs is 3. The van der Waals surface area contributed by atoms with Gasteiger partial charge in [0.2, 0.25) is 5.91 Å². The lowest BCUT2D eigenvalue weighted by atomic mass is 9.97. The number of amides is 2. The number of hydrogen-bond donors (Lipinski definition) is 1. The normalized spacial score (nSPS) is 26.4. The summed E-state index contributed by atoms with van der Waals surface area (Å²) in [5.74, 6) is 1.36. The quantitative estimate of drug-likeness (QED) is 0.917. The molecule has 0 spiro atoms. The van der Waals surface area contributed by atoms with Gasteiger partial charge in [-0.1, -0.05) is 26.0 Å². The van der Waals surface area contributed by atoms with Gasteiger partial charge in [0.15, 0.2) is 0 Å². The molecule has 1 aliphatic heterocycles. The van der Waals surface area contributed by atoms with Gasteiger partial charge < -0.3 is 10.2 Å². The SMILES string of the molecule is CC(C)C1CCCN1C(=O)CNC(=O)c1ccnc2c1C=CC1CC21. The maximum absolute atomic E-state index is 12.6. The zero-order valence-electron chi connectivity index (χ0n) is 14.9. The van der Waals surface area contributed by atoms with E-state index in [9.17, 15) is 9.59 Å². The Kier molecular flexibility index (Phi) is 4.10. The van der Waals surface area contributed by atoms with E-state index in [0.717, 1.165) is 37.1 Å². The monoisotopic (exact) mass is 339 g/mol. The van der Waals surface area contributed by atoms with Crippen molar-refractivity contribution in [1.82, 2.24) is 15.2 Å². The van der Waals surface area contributed by atoms with Crippen LogP contribution >= 0.6 is 0 Å². The van der Waals surface area contributed by atoms with Crippen LogP contribution in [0.5, 0.6) is 0 Å². The van der Waals surface area contributed by atoms with E-state index < -0.39 is 0 Å². The van der Waals surface area contributed by atoms with Crippen molar-refractivity contribution in [2.45, 2.75) is 45.1 Å². The molecule has 4 rings (SSSR count). The van der Waals surface area contributed by atoms with Gasteiger partial charge in [-0.2, -0.15) is 0 Å². The third-order valence-corrected chi connectivity index (χ3v) is 5.76. The van der Waals surface area contributed by atoms with E-state index in [2.05, 4.69) is 30.2 Å². The second-order valence-electron chi connectivity index (χ2n) is 7.75. The van der Waals surface area contributed by atoms with Gasteiger partial charge in [-0.25, -0.2) is 0 Å². The maximum atomic E-state index is 12.6. The molecule has 0 bridgehead atoms. The summed E-state index contributed by atoms with van der Waals surface area (Å²) in [6.07, 6.45) is 9.14. The van der Waals surface area contributed by atoms with Crippen molar-refractivity contribution in [3.8, 4) is 0 Å². The lowest BCUT2D eigenvalue weighted by molar-refractivity contribution is -0.131. The Morgan fingerprint density at radius 2 is 2.24 bits per heavy atom. The van der Waals surface area contributed by atoms with Gasteiger partial charge in [-0.3, -0.25) is 14.6 Å². The van der Waals surface area contributed by atoms with Crippen molar-refractivity contribution in [2.24, 2.45) is 11.8 Å². The minimum Gasteiger partial charge on any atom is -0.343 e. The molecule has 3 aliphatic rings. The topological polar surface area (TPSA) is 62.3 Å². The maximum Gasteiger partial charge on any atom is 0.252 e. The predicted molar refractivity (Wildman–Crippen MR) is 96.0 cm³/mol. The molecule has 1 N–H and O–H groups in total. The highest BCUT2D eigenvalue weighted by atomic mass is 16.2. The van der Waals surface area contributed by atoms with Crippen molar-refractivity contribution in [3.63, 3.8) is 0 Å². The zero-order chi connectivity index (χ0) is 17.6. The molecule has 2 amide bonds. The zero-order valence-corrected chi connectivity index (χ0v) is 14.9. The molecule has 0 radical (unpaired) electrons. The van der Waals surface area contributed by atoms with Gasteiger partial charge in [-0.15, -0.1) is 0 Å². The fraction of sp³-hybridized carbons (Fsp3) is 0.550. The molecule has 1 saturated carbocycles. The summed E-state index contributed by atoms with van der Waals surface area (Å²) in [6.45, 7) is 5.16. The highest BCUT2D eigenvalue weighted by Gasteiger charge is 2.41. The van der Waals surface area contributed by atoms with E-state index in [1.54, 1.807) is 12.3 Å². The molecule has 1 aromatic heterocycles. The highest BCUT2D eigenvalue weighted by Crippen LogP contribution is 2.52. The summed E-state index contributed by atoms with van der Waals surface area (Å²) in [4.78, 5) is 31.6. The third-order valence-electron chi connectivity index (χ3n) is 5.76. The molecule has 3 atom stereocenters. The van der Waals surface area contributed by atoms with Crippen molar-refractivity contribution >= 4 is 17.9 Å². The van der Waals surface area contributed by atoms with Gasteiger partial charge in [0.1, 0.15) is 0 Å². The fourth-order valence-corrected chi connectivity index (χ4v) is 4.27. The number of pyridine rings is 1. The van der Waals surface area contributed by atoms with Crippen LogP contribution in [-0.4, -0.2) is 40.8 Å². The van der Waals surface area contributed by atoms with Crippen LogP contribution in [0.2, 0.25) is 0 Å². The summed E-state index contributed by atoms with van der Waals surface area (Å²) in [5.41, 5.74) is 2.58. The summed E-state index contributed by atoms with van der Waals surface area (Å²) in [5, 5.41) is 2.82. The molecule has 3 unspecified atom stereocenters. The van der Waals surface area contributed by atoms with E-state index in [0.29, 0.717) is 29.4 Å². The van der Waals surface area contributed by atoms with Crippen LogP contribution in [0.15, 0.2) is 18.3 Å². The lowest BCUT2D eigenvalue weighted by Crippen LogP contribution is -2.44. The van der Waals surface area contributed by atoms with Gasteiger partial charge in [0.25, 0.3) is 5.91 Å². The molecule has 132 valence electrons. The predicted octanol–water partition coefficient (Wildman–Crippen LogP) is 2.59. The third kappa shape index (κ3) is 2.96. The minimum atomic E-state index is -0.184. The van der Waals surface area contributed by atoms with Gasteiger partial charge in [0.05, 0.1) is 12.2 Å². The number of aromatic nitrogens is 1. The van der Waals surface area contributed by atoms with E-state index in [1.807, 2.05) is 11.0 Å². The van der Waals surface area contributed by atoms with E-state index in [-0.39, 0.29) is 18.4 Å². The van der Waals surface area contributed by atoms with Gasteiger partial charge in [-0.05, 0) is 37.2 Å². The first-order valence-electron chi connectivity index (χ1n) is 9.31. The number of allylic oxidation sites excluding steroid dienone is 1. The summed E-state index contributed by atoms with van der Waals surface area (Å²) < 4.78 is 0. The molecule has 5 nitrogen and oxygen atoms in total. The number of carbonyl (C=O) groups excluding carboxylic acids is 2. The molecule has 0 aromatic carbocycles. The van der Waals surface area contributed by atoms with Gasteiger partial charge in [0, 0.05) is 35.8 Å². The Bertz CT molecular complexity index is 740. The second-order valence-corrected chi connectivity index (χ2v) is 7.75. The standard InChI is InChI=1S/C20H25N3O2/c1-12(2)17-4-3-9-23(17)18(24)11-22-20(25)15-7-8-21-19-14(15)6-5-13-10-16(13)19/h5-8,12-13,16-17H,3-4,9-11H2,1-2H3,(H,22,25). The van der Waals surface area contributed by atoms with Crippen LogP contribution in [0.4, 0.5) is 0 Å². The van der Waals surface area contributed by atoms with Crippen molar-refractivity contribution in [1.29, 1.82) is 0 Å². The molecule has 1 aromatic rings. The molecule has 1 saturated heterocycles. The Morgan fingerprint density at radius 1 is 1.40 bits per heavy atom. The molecule has 2 aliphatic carbocycles. The first kappa shape index (κ1) is 16.3. The van der Waals surface area contributed by atoms with Crippen LogP contribution < -0.4 is 5.32 Å². The minimum absolute atomic E-state index is 0.0188. The average molecular weight is 339 g/mol. The molecule has 5 heteroatoms. The molecular formula is C20H25N3O2. The Balaban J connectivity index is 1.43. The Labute approximate surface area is 148 Å². The van der Waals surface area contributed by atoms with Crippen molar-refractivity contribution in [2.75, 3.05) is 13.1 Å². The lowest BCUT2D eigenvalue weighted by Gasteiger charge is -2.27. The summed E-state index contributed by atoms with van der Waals surface area (Å²) in [6, 6.07) is 2.05. The smallest absolute Gasteiger partial charge is 0.252 e. The number of nitrogens with zero attached hydrogens (tertiary/aromatic N) is 2. The molecule has 25 heavy (non-hydrogen) atoms. The number of likely N-dealkylation sites (tertiary alicyclic amines) is 1. The van der Waals surface area contributed by atoms with Gasteiger partial charge >= 0.3 is 0 Å². The van der Waals surface area contributed by atoms with Crippen LogP contribution in [0.1, 0.15) is 60.6 Å². The Morgan fingerprint density at radius 3 is 3.04 bits per heavy atom. The first-order valence-corrected chi connectivity index (χ1v) is 9.31. The van der Waals surface area contributed by atoms with Crippen LogP contribution in [0.3, 0.4) is 0 Å². The average Bonchev–Trinajstić information content (AvgIpc) is 3.25. The first-order chi connectivity index (χ1) is 12.1. The number of hydrogen-bond acceptors (Lipinski definition) is 3. The fourth-order valence-electron chi connectivity index (χ4n) is 4.27. The van der Waals surface area contributed by atoms with Crippen molar-refractivity contribution in [3.05, 3.63) is 35.2 Å². The molecular weight excluding hydrogens is 314 g/mol. The van der Waals surface area contributed by atoms with E-state index in [1.165, 1.54) is 0 Å². The van der Waals surface area contributed by atoms with Crippen molar-refractivity contribution < 1.29 is 9.59 Å². The summed E-state index contributed by atoms with van der Waals surface area (Å²) >= 11 is 0. The van der Waals surface area contributed by atoms with Crippen LogP contribution in [0.25, 0.3) is 6.08 Å². The Hall–Kier alpha value is -2.17. The summed E-state index contributed by atoms with van der Waals surface area (Å²) in [7, 11) is 0. The molecule has 2 fully saturated rings. The van der Waals surface area contributed by atoms with E-state index >= 15 is 0 Å². The molecule has 2 heterocycles. The largest absolute Gasteiger partial charge is 0.343 e.